The third-order valence-electron chi connectivity index (χ3n) is 3.24. The summed E-state index contributed by atoms with van der Waals surface area (Å²) >= 11 is 0. The van der Waals surface area contributed by atoms with Gasteiger partial charge >= 0.3 is 0 Å². The van der Waals surface area contributed by atoms with E-state index in [-0.39, 0.29) is 0 Å². The lowest BCUT2D eigenvalue weighted by Crippen LogP contribution is -2.32. The van der Waals surface area contributed by atoms with Gasteiger partial charge in [-0.1, -0.05) is 32.6 Å². The monoisotopic (exact) mass is 286 g/mol. The van der Waals surface area contributed by atoms with E-state index >= 15 is 0 Å². The van der Waals surface area contributed by atoms with Crippen molar-refractivity contribution in [1.29, 1.82) is 0 Å². The van der Waals surface area contributed by atoms with Crippen LogP contribution in [-0.2, 0) is 4.79 Å². The zero-order chi connectivity index (χ0) is 15.4. The van der Waals surface area contributed by atoms with Gasteiger partial charge in [0, 0.05) is 0 Å². The maximum Gasteiger partial charge on any atom is 0.234 e. The van der Waals surface area contributed by atoms with Gasteiger partial charge in [-0.15, -0.1) is 0 Å². The van der Waals surface area contributed by atoms with Crippen LogP contribution in [0.2, 0.25) is 0 Å². The van der Waals surface area contributed by atoms with Crippen LogP contribution in [0.3, 0.4) is 0 Å². The number of carboxylic acid groups (broad SMARTS) is 1. The van der Waals surface area contributed by atoms with Gasteiger partial charge in [-0.05, 0) is 19.8 Å². The molecule has 0 aromatic heterocycles. The zero-order valence-electron chi connectivity index (χ0n) is 13.2. The molecule has 0 aromatic carbocycles. The minimum Gasteiger partial charge on any atom is -0.547 e. The van der Waals surface area contributed by atoms with Crippen LogP contribution < -0.4 is 5.11 Å². The summed E-state index contributed by atoms with van der Waals surface area (Å²) in [6, 6.07) is 0. The molecule has 0 aromatic rings. The van der Waals surface area contributed by atoms with E-state index in [1.807, 2.05) is 0 Å². The molecule has 0 bridgehead atoms. The summed E-state index contributed by atoms with van der Waals surface area (Å²) in [4.78, 5) is 11.8. The van der Waals surface area contributed by atoms with E-state index in [2.05, 4.69) is 29.8 Å². The minimum atomic E-state index is -1.44. The smallest absolute Gasteiger partial charge is 0.234 e. The Morgan fingerprint density at radius 1 is 1.35 bits per heavy atom. The van der Waals surface area contributed by atoms with Gasteiger partial charge in [-0.3, -0.25) is 9.48 Å². The number of carbonyl (C=O) groups excluding carboxylic acids is 1. The molecule has 1 atom stereocenters. The normalized spacial score (nSPS) is 15.4. The fourth-order valence-electron chi connectivity index (χ4n) is 1.95. The molecule has 1 heterocycles. The molecule has 1 aliphatic rings. The molecule has 5 heteroatoms. The number of hydrogen-bond donors (Lipinski definition) is 1. The number of hydrogen-bond acceptors (Lipinski definition) is 4. The number of likely N-dealkylation sites (N-methyl/N-ethyl adjacent to an activating group) is 1. The SMILES string of the molecule is CC(O)C(=O)[O-].CCCCCCCCN1C=[N+](C)CC1. The highest BCUT2D eigenvalue weighted by Gasteiger charge is 2.14. The molecule has 0 fully saturated rings. The van der Waals surface area contributed by atoms with Crippen LogP contribution in [-0.4, -0.2) is 59.7 Å². The first kappa shape index (κ1) is 18.9. The summed E-state index contributed by atoms with van der Waals surface area (Å²) in [6.45, 7) is 7.10. The third kappa shape index (κ3) is 10.8. The second kappa shape index (κ2) is 11.7. The number of aliphatic hydroxyl groups excluding tert-OH is 1. The second-order valence-electron chi connectivity index (χ2n) is 5.39. The molecule has 1 N–H and O–H groups in total. The predicted molar refractivity (Wildman–Crippen MR) is 78.8 cm³/mol. The molecular formula is C15H30N2O3. The Hall–Kier alpha value is -1.10. The van der Waals surface area contributed by atoms with E-state index in [0.29, 0.717) is 0 Å². The summed E-state index contributed by atoms with van der Waals surface area (Å²) < 4.78 is 2.27. The Balaban J connectivity index is 0.000000511. The highest BCUT2D eigenvalue weighted by atomic mass is 16.4. The van der Waals surface area contributed by atoms with Crippen molar-refractivity contribution in [2.75, 3.05) is 26.7 Å². The van der Waals surface area contributed by atoms with Crippen LogP contribution in [0, 0.1) is 0 Å². The second-order valence-corrected chi connectivity index (χ2v) is 5.39. The fourth-order valence-corrected chi connectivity index (χ4v) is 1.95. The van der Waals surface area contributed by atoms with E-state index in [4.69, 9.17) is 5.11 Å². The van der Waals surface area contributed by atoms with Crippen molar-refractivity contribution in [2.45, 2.75) is 58.5 Å². The van der Waals surface area contributed by atoms with Crippen molar-refractivity contribution in [2.24, 2.45) is 0 Å². The quantitative estimate of drug-likeness (QED) is 0.520. The topological polar surface area (TPSA) is 66.6 Å². The number of unbranched alkanes of at least 4 members (excludes halogenated alkanes) is 5. The first-order valence-corrected chi connectivity index (χ1v) is 7.65. The lowest BCUT2D eigenvalue weighted by molar-refractivity contribution is -0.482. The van der Waals surface area contributed by atoms with Crippen molar-refractivity contribution in [1.82, 2.24) is 4.90 Å². The van der Waals surface area contributed by atoms with E-state index in [1.165, 1.54) is 58.2 Å². The molecule has 1 unspecified atom stereocenters. The van der Waals surface area contributed by atoms with Crippen LogP contribution in [0.4, 0.5) is 0 Å². The molecule has 5 nitrogen and oxygen atoms in total. The Morgan fingerprint density at radius 3 is 2.35 bits per heavy atom. The lowest BCUT2D eigenvalue weighted by Gasteiger charge is -2.05. The summed E-state index contributed by atoms with van der Waals surface area (Å²) in [6.07, 6.45) is 9.32. The summed E-state index contributed by atoms with van der Waals surface area (Å²) in [5, 5.41) is 17.3. The highest BCUT2D eigenvalue weighted by molar-refractivity contribution is 5.68. The fraction of sp³-hybridized carbons (Fsp3) is 0.867. The van der Waals surface area contributed by atoms with Crippen LogP contribution >= 0.6 is 0 Å². The van der Waals surface area contributed by atoms with Crippen molar-refractivity contribution < 1.29 is 19.6 Å². The Bertz CT molecular complexity index is 291. The first-order chi connectivity index (χ1) is 9.47. The maximum absolute atomic E-state index is 9.34. The van der Waals surface area contributed by atoms with Crippen molar-refractivity contribution >= 4 is 12.3 Å². The van der Waals surface area contributed by atoms with Crippen LogP contribution in [0.15, 0.2) is 0 Å². The highest BCUT2D eigenvalue weighted by Crippen LogP contribution is 2.06. The largest absolute Gasteiger partial charge is 0.547 e. The third-order valence-corrected chi connectivity index (χ3v) is 3.24. The molecule has 0 saturated heterocycles. The number of carboxylic acids is 1. The van der Waals surface area contributed by atoms with E-state index in [1.54, 1.807) is 0 Å². The number of carbonyl (C=O) groups is 1. The molecule has 118 valence electrons. The number of nitrogens with zero attached hydrogens (tertiary/aromatic N) is 2. The van der Waals surface area contributed by atoms with E-state index in [9.17, 15) is 9.90 Å². The van der Waals surface area contributed by atoms with Crippen molar-refractivity contribution in [3.63, 3.8) is 0 Å². The zero-order valence-corrected chi connectivity index (χ0v) is 13.2. The Kier molecular flexibility index (Phi) is 11.1. The van der Waals surface area contributed by atoms with Gasteiger partial charge in [0.15, 0.2) is 0 Å². The summed E-state index contributed by atoms with van der Waals surface area (Å²) in [7, 11) is 2.15. The number of aliphatic hydroxyl groups is 1. The molecule has 0 saturated carbocycles. The molecule has 0 spiro atoms. The minimum absolute atomic E-state index is 1.13. The van der Waals surface area contributed by atoms with Gasteiger partial charge in [0.25, 0.3) is 0 Å². The predicted octanol–water partition coefficient (Wildman–Crippen LogP) is 0.450. The van der Waals surface area contributed by atoms with E-state index < -0.39 is 12.1 Å². The Labute approximate surface area is 122 Å². The van der Waals surface area contributed by atoms with Crippen LogP contribution in [0.5, 0.6) is 0 Å². The molecule has 1 rings (SSSR count). The standard InChI is InChI=1S/C12H25N2.C3H6O3/c1-3-4-5-6-7-8-9-14-11-10-13(2)12-14;1-2(4)3(5)6/h12H,3-11H2,1-2H3;2,4H,1H3,(H,5,6)/q+1;/p-1. The average Bonchev–Trinajstić information content (AvgIpc) is 2.80. The lowest BCUT2D eigenvalue weighted by atomic mass is 10.1. The van der Waals surface area contributed by atoms with Gasteiger partial charge < -0.3 is 15.0 Å². The molecule has 0 aliphatic carbocycles. The molecular weight excluding hydrogens is 256 g/mol. The first-order valence-electron chi connectivity index (χ1n) is 7.65. The van der Waals surface area contributed by atoms with Gasteiger partial charge in [0.2, 0.25) is 6.34 Å². The molecule has 0 amide bonds. The van der Waals surface area contributed by atoms with Crippen LogP contribution in [0.1, 0.15) is 52.4 Å². The van der Waals surface area contributed by atoms with Crippen molar-refractivity contribution in [3.05, 3.63) is 0 Å². The van der Waals surface area contributed by atoms with Crippen LogP contribution in [0.25, 0.3) is 0 Å². The van der Waals surface area contributed by atoms with Gasteiger partial charge in [0.05, 0.1) is 25.7 Å². The summed E-state index contributed by atoms with van der Waals surface area (Å²) in [5.74, 6) is -1.44. The molecule has 0 radical (unpaired) electrons. The average molecular weight is 286 g/mol. The Morgan fingerprint density at radius 2 is 1.90 bits per heavy atom. The number of aliphatic carboxylic acids is 1. The maximum atomic E-state index is 9.34. The molecule has 1 aliphatic heterocycles. The van der Waals surface area contributed by atoms with Gasteiger partial charge in [-0.2, -0.15) is 0 Å². The van der Waals surface area contributed by atoms with E-state index in [0.717, 1.165) is 6.92 Å². The number of rotatable bonds is 8. The van der Waals surface area contributed by atoms with Crippen molar-refractivity contribution in [3.8, 4) is 0 Å². The summed E-state index contributed by atoms with van der Waals surface area (Å²) in [5.41, 5.74) is 0. The van der Waals surface area contributed by atoms with Gasteiger partial charge in [0.1, 0.15) is 13.1 Å². The van der Waals surface area contributed by atoms with Gasteiger partial charge in [-0.25, -0.2) is 0 Å². The molecule has 20 heavy (non-hydrogen) atoms.